The Labute approximate surface area is 154 Å². The zero-order valence-electron chi connectivity index (χ0n) is 14.8. The number of aliphatic hydroxyl groups excluding tert-OH is 5. The summed E-state index contributed by atoms with van der Waals surface area (Å²) in [5.74, 6) is 0.321. The number of fused-ring (bicyclic) bond motifs is 1. The normalized spacial score (nSPS) is 27.4. The molecule has 3 heterocycles. The molecular weight excluding hydrogens is 358 g/mol. The number of aliphatic imine (C=N–C) groups is 1. The summed E-state index contributed by atoms with van der Waals surface area (Å²) in [5, 5.41) is 47.7. The minimum absolute atomic E-state index is 0.306. The van der Waals surface area contributed by atoms with Gasteiger partial charge >= 0.3 is 0 Å². The highest BCUT2D eigenvalue weighted by Gasteiger charge is 2.44. The van der Waals surface area contributed by atoms with Crippen molar-refractivity contribution in [3.63, 3.8) is 0 Å². The first-order valence-electron chi connectivity index (χ1n) is 8.59. The van der Waals surface area contributed by atoms with Gasteiger partial charge in [0.1, 0.15) is 24.6 Å². The molecule has 0 bridgehead atoms. The van der Waals surface area contributed by atoms with Crippen LogP contribution in [-0.2, 0) is 4.74 Å². The van der Waals surface area contributed by atoms with Crippen molar-refractivity contribution in [2.75, 3.05) is 13.2 Å². The predicted molar refractivity (Wildman–Crippen MR) is 93.4 cm³/mol. The van der Waals surface area contributed by atoms with Crippen LogP contribution in [0.3, 0.4) is 0 Å². The zero-order chi connectivity index (χ0) is 19.6. The maximum absolute atomic E-state index is 10.2. The summed E-state index contributed by atoms with van der Waals surface area (Å²) in [6.45, 7) is 1.05. The lowest BCUT2D eigenvalue weighted by atomic mass is 10.1. The smallest absolute Gasteiger partial charge is 0.183 e. The number of hydrogen-bond acceptors (Lipinski definition) is 10. The molecule has 1 fully saturated rings. The van der Waals surface area contributed by atoms with E-state index in [1.807, 2.05) is 0 Å². The van der Waals surface area contributed by atoms with Crippen LogP contribution in [0.15, 0.2) is 17.6 Å². The first-order chi connectivity index (χ1) is 13.0. The van der Waals surface area contributed by atoms with Gasteiger partial charge in [-0.2, -0.15) is 0 Å². The number of rotatable bonds is 7. The first kappa shape index (κ1) is 19.7. The number of aromatic nitrogens is 4. The molecule has 1 saturated heterocycles. The van der Waals surface area contributed by atoms with Crippen LogP contribution in [0.25, 0.3) is 11.2 Å². The first-order valence-corrected chi connectivity index (χ1v) is 8.59. The fraction of sp³-hybridized carbons (Fsp3) is 0.625. The van der Waals surface area contributed by atoms with Crippen molar-refractivity contribution in [2.24, 2.45) is 4.99 Å². The molecule has 0 amide bonds. The number of aliphatic hydroxyl groups is 5. The molecule has 0 radical (unpaired) electrons. The molecule has 2 aromatic heterocycles. The molecule has 0 unspecified atom stereocenters. The van der Waals surface area contributed by atoms with Crippen LogP contribution < -0.4 is 0 Å². The van der Waals surface area contributed by atoms with E-state index >= 15 is 0 Å². The van der Waals surface area contributed by atoms with Gasteiger partial charge in [-0.25, -0.2) is 19.9 Å². The predicted octanol–water partition coefficient (Wildman–Crippen LogP) is -1.34. The molecule has 0 spiro atoms. The van der Waals surface area contributed by atoms with Crippen LogP contribution in [0.4, 0.5) is 5.82 Å². The van der Waals surface area contributed by atoms with Crippen molar-refractivity contribution in [1.29, 1.82) is 0 Å². The van der Waals surface area contributed by atoms with Crippen molar-refractivity contribution >= 4 is 22.7 Å². The summed E-state index contributed by atoms with van der Waals surface area (Å²) < 4.78 is 6.97. The Morgan fingerprint density at radius 1 is 1.26 bits per heavy atom. The molecule has 148 valence electrons. The fourth-order valence-electron chi connectivity index (χ4n) is 2.92. The molecule has 3 rings (SSSR count). The Kier molecular flexibility index (Phi) is 6.09. The summed E-state index contributed by atoms with van der Waals surface area (Å²) >= 11 is 0. The quantitative estimate of drug-likeness (QED) is 0.365. The van der Waals surface area contributed by atoms with Crippen molar-refractivity contribution < 1.29 is 30.3 Å². The Balaban J connectivity index is 1.87. The molecule has 1 aliphatic rings. The number of nitrogens with zero attached hydrogens (tertiary/aromatic N) is 5. The minimum Gasteiger partial charge on any atom is -0.394 e. The van der Waals surface area contributed by atoms with Gasteiger partial charge in [0.2, 0.25) is 0 Å². The Morgan fingerprint density at radius 2 is 2.04 bits per heavy atom. The van der Waals surface area contributed by atoms with Crippen LogP contribution in [0, 0.1) is 0 Å². The van der Waals surface area contributed by atoms with Crippen molar-refractivity contribution in [3.8, 4) is 0 Å². The van der Waals surface area contributed by atoms with Crippen LogP contribution >= 0.6 is 0 Å². The highest BCUT2D eigenvalue weighted by atomic mass is 16.6. The van der Waals surface area contributed by atoms with Gasteiger partial charge in [0.25, 0.3) is 0 Å². The maximum atomic E-state index is 10.2. The number of imidazole rings is 1. The molecule has 5 atom stereocenters. The van der Waals surface area contributed by atoms with Gasteiger partial charge in [0.15, 0.2) is 23.2 Å². The van der Waals surface area contributed by atoms with Gasteiger partial charge in [0, 0.05) is 5.71 Å². The van der Waals surface area contributed by atoms with Crippen LogP contribution in [0.2, 0.25) is 0 Å². The second kappa shape index (κ2) is 8.33. The lowest BCUT2D eigenvalue weighted by molar-refractivity contribution is -0.0511. The molecule has 11 nitrogen and oxygen atoms in total. The molecule has 2 aromatic rings. The second-order valence-electron chi connectivity index (χ2n) is 6.47. The van der Waals surface area contributed by atoms with Crippen LogP contribution in [0.1, 0.15) is 26.0 Å². The SMILES string of the molecule is CC(CC[C@@H](O)CO)=Nc1ncnc2c1ncn2[C@@H]1O[C@H](CO)[C@@H](O)[C@H]1O. The highest BCUT2D eigenvalue weighted by Crippen LogP contribution is 2.32. The fourth-order valence-corrected chi connectivity index (χ4v) is 2.92. The summed E-state index contributed by atoms with van der Waals surface area (Å²) in [7, 11) is 0. The van der Waals surface area contributed by atoms with Gasteiger partial charge in [-0.1, -0.05) is 0 Å². The topological polar surface area (TPSA) is 166 Å². The largest absolute Gasteiger partial charge is 0.394 e. The third-order valence-corrected chi connectivity index (χ3v) is 4.48. The van der Waals surface area contributed by atoms with E-state index in [9.17, 15) is 20.4 Å². The summed E-state index contributed by atoms with van der Waals surface area (Å²) in [6.07, 6.45) is -1.57. The highest BCUT2D eigenvalue weighted by molar-refractivity contribution is 5.89. The van der Waals surface area contributed by atoms with E-state index in [2.05, 4.69) is 19.9 Å². The molecule has 5 N–H and O–H groups in total. The Hall–Kier alpha value is -2.02. The van der Waals surface area contributed by atoms with Gasteiger partial charge in [-0.3, -0.25) is 4.57 Å². The molecule has 27 heavy (non-hydrogen) atoms. The van der Waals surface area contributed by atoms with Gasteiger partial charge in [0.05, 0.1) is 25.6 Å². The van der Waals surface area contributed by atoms with Crippen LogP contribution in [0.5, 0.6) is 0 Å². The molecule has 0 aliphatic carbocycles. The summed E-state index contributed by atoms with van der Waals surface area (Å²) in [6, 6.07) is 0. The van der Waals surface area contributed by atoms with Gasteiger partial charge in [-0.05, 0) is 19.8 Å². The average molecular weight is 381 g/mol. The van der Waals surface area contributed by atoms with E-state index in [-0.39, 0.29) is 6.61 Å². The minimum atomic E-state index is -1.25. The molecule has 1 aliphatic heterocycles. The van der Waals surface area contributed by atoms with E-state index in [4.69, 9.17) is 9.84 Å². The third-order valence-electron chi connectivity index (χ3n) is 4.48. The number of hydrogen-bond donors (Lipinski definition) is 5. The molecule has 11 heteroatoms. The van der Waals surface area contributed by atoms with Gasteiger partial charge in [-0.15, -0.1) is 0 Å². The molecular formula is C16H23N5O6. The van der Waals surface area contributed by atoms with Crippen molar-refractivity contribution in [3.05, 3.63) is 12.7 Å². The summed E-state index contributed by atoms with van der Waals surface area (Å²) in [5.41, 5.74) is 1.45. The van der Waals surface area contributed by atoms with E-state index in [1.54, 1.807) is 6.92 Å². The van der Waals surface area contributed by atoms with E-state index in [1.165, 1.54) is 17.2 Å². The lowest BCUT2D eigenvalue weighted by Crippen LogP contribution is -2.33. The van der Waals surface area contributed by atoms with Crippen LogP contribution in [-0.4, -0.2) is 88.4 Å². The monoisotopic (exact) mass is 381 g/mol. The van der Waals surface area contributed by atoms with Crippen molar-refractivity contribution in [1.82, 2.24) is 19.5 Å². The van der Waals surface area contributed by atoms with Gasteiger partial charge < -0.3 is 30.3 Å². The molecule has 0 aromatic carbocycles. The number of ether oxygens (including phenoxy) is 1. The third kappa shape index (κ3) is 3.98. The van der Waals surface area contributed by atoms with E-state index < -0.39 is 37.3 Å². The van der Waals surface area contributed by atoms with Crippen molar-refractivity contribution in [2.45, 2.75) is 50.4 Å². The summed E-state index contributed by atoms with van der Waals surface area (Å²) in [4.78, 5) is 16.9. The Morgan fingerprint density at radius 3 is 2.70 bits per heavy atom. The average Bonchev–Trinajstić information content (AvgIpc) is 3.22. The maximum Gasteiger partial charge on any atom is 0.183 e. The zero-order valence-corrected chi connectivity index (χ0v) is 14.8. The Bertz CT molecular complexity index is 812. The lowest BCUT2D eigenvalue weighted by Gasteiger charge is -2.16. The molecule has 0 saturated carbocycles. The standard InChI is InChI=1S/C16H23N5O6/c1-8(2-3-9(24)4-22)20-14-11-15(18-6-17-14)21(7-19-11)16-13(26)12(25)10(5-23)27-16/h6-7,9-10,12-13,16,22-26H,2-5H2,1H3/t9-,10-,12-,13-,16-/m1/s1. The second-order valence-corrected chi connectivity index (χ2v) is 6.47. The van der Waals surface area contributed by atoms with E-state index in [0.29, 0.717) is 35.5 Å². The van der Waals surface area contributed by atoms with E-state index in [0.717, 1.165) is 0 Å².